The average molecular weight is 253 g/mol. The number of hydrogen-bond donors (Lipinski definition) is 4. The largest absolute Gasteiger partial charge is 0.482 e. The number of anilines is 1. The number of nitrogens with two attached hydrogens (primary N) is 1. The van der Waals surface area contributed by atoms with Crippen molar-refractivity contribution in [3.63, 3.8) is 0 Å². The van der Waals surface area contributed by atoms with E-state index in [0.29, 0.717) is 24.5 Å². The van der Waals surface area contributed by atoms with Crippen LogP contribution in [0.5, 0.6) is 5.75 Å². The van der Waals surface area contributed by atoms with Crippen molar-refractivity contribution in [2.75, 3.05) is 25.0 Å². The van der Waals surface area contributed by atoms with Gasteiger partial charge in [0.25, 0.3) is 0 Å². The molecule has 0 fully saturated rings. The van der Waals surface area contributed by atoms with Crippen molar-refractivity contribution in [3.8, 4) is 5.75 Å². The van der Waals surface area contributed by atoms with Crippen LogP contribution in [-0.4, -0.2) is 36.8 Å². The fourth-order valence-electron chi connectivity index (χ4n) is 1.14. The van der Waals surface area contributed by atoms with E-state index in [2.05, 4.69) is 10.6 Å². The van der Waals surface area contributed by atoms with Gasteiger partial charge in [0, 0.05) is 18.8 Å². The van der Waals surface area contributed by atoms with E-state index in [9.17, 15) is 9.59 Å². The Labute approximate surface area is 104 Å². The van der Waals surface area contributed by atoms with E-state index in [-0.39, 0.29) is 6.03 Å². The monoisotopic (exact) mass is 253 g/mol. The molecule has 0 radical (unpaired) electrons. The van der Waals surface area contributed by atoms with Gasteiger partial charge >= 0.3 is 12.0 Å². The van der Waals surface area contributed by atoms with Crippen LogP contribution in [0.25, 0.3) is 0 Å². The molecule has 2 amide bonds. The maximum absolute atomic E-state index is 11.3. The molecule has 7 heteroatoms. The first kappa shape index (κ1) is 13.8. The number of carbonyl (C=O) groups is 2. The van der Waals surface area contributed by atoms with Crippen LogP contribution in [0.2, 0.25) is 0 Å². The molecule has 0 atom stereocenters. The van der Waals surface area contributed by atoms with E-state index in [1.54, 1.807) is 24.3 Å². The number of urea groups is 1. The first-order valence-corrected chi connectivity index (χ1v) is 5.31. The van der Waals surface area contributed by atoms with Crippen molar-refractivity contribution < 1.29 is 19.4 Å². The fraction of sp³-hybridized carbons (Fsp3) is 0.273. The number of ether oxygens (including phenoxy) is 1. The Morgan fingerprint density at radius 1 is 1.28 bits per heavy atom. The zero-order valence-corrected chi connectivity index (χ0v) is 9.68. The predicted molar refractivity (Wildman–Crippen MR) is 65.6 cm³/mol. The molecule has 0 aliphatic rings. The van der Waals surface area contributed by atoms with Gasteiger partial charge in [-0.25, -0.2) is 9.59 Å². The van der Waals surface area contributed by atoms with Crippen LogP contribution in [-0.2, 0) is 4.79 Å². The van der Waals surface area contributed by atoms with Crippen molar-refractivity contribution in [2.24, 2.45) is 5.73 Å². The second-order valence-electron chi connectivity index (χ2n) is 3.38. The van der Waals surface area contributed by atoms with E-state index in [4.69, 9.17) is 15.6 Å². The smallest absolute Gasteiger partial charge is 0.341 e. The van der Waals surface area contributed by atoms with Gasteiger partial charge in [-0.3, -0.25) is 0 Å². The quantitative estimate of drug-likeness (QED) is 0.579. The zero-order chi connectivity index (χ0) is 13.4. The third-order valence-corrected chi connectivity index (χ3v) is 1.90. The van der Waals surface area contributed by atoms with Crippen LogP contribution in [0.3, 0.4) is 0 Å². The molecule has 0 saturated heterocycles. The van der Waals surface area contributed by atoms with E-state index in [1.807, 2.05) is 0 Å². The third kappa shape index (κ3) is 5.17. The Balaban J connectivity index is 2.44. The number of benzene rings is 1. The van der Waals surface area contributed by atoms with E-state index in [0.717, 1.165) is 0 Å². The summed E-state index contributed by atoms with van der Waals surface area (Å²) in [4.78, 5) is 21.6. The van der Waals surface area contributed by atoms with Gasteiger partial charge in [0.2, 0.25) is 0 Å². The highest BCUT2D eigenvalue weighted by Gasteiger charge is 2.02. The number of carboxylic acid groups (broad SMARTS) is 1. The van der Waals surface area contributed by atoms with Crippen LogP contribution in [0, 0.1) is 0 Å². The number of nitrogens with one attached hydrogen (secondary N) is 2. The number of rotatable bonds is 6. The summed E-state index contributed by atoms with van der Waals surface area (Å²) in [6, 6.07) is 6.01. The number of aliphatic carboxylic acids is 1. The predicted octanol–water partition coefficient (Wildman–Crippen LogP) is 0.230. The highest BCUT2D eigenvalue weighted by Crippen LogP contribution is 2.15. The number of hydrogen-bond acceptors (Lipinski definition) is 4. The number of amides is 2. The summed E-state index contributed by atoms with van der Waals surface area (Å²) in [5.41, 5.74) is 5.82. The van der Waals surface area contributed by atoms with Gasteiger partial charge in [0.15, 0.2) is 6.61 Å². The van der Waals surface area contributed by atoms with Crippen LogP contribution >= 0.6 is 0 Å². The van der Waals surface area contributed by atoms with Crippen LogP contribution in [0.4, 0.5) is 10.5 Å². The maximum Gasteiger partial charge on any atom is 0.341 e. The first-order chi connectivity index (χ1) is 8.61. The lowest BCUT2D eigenvalue weighted by atomic mass is 10.3. The second-order valence-corrected chi connectivity index (χ2v) is 3.38. The molecule has 1 aromatic rings. The van der Waals surface area contributed by atoms with Crippen LogP contribution < -0.4 is 21.1 Å². The van der Waals surface area contributed by atoms with Gasteiger partial charge in [-0.1, -0.05) is 0 Å². The molecule has 0 saturated carbocycles. The summed E-state index contributed by atoms with van der Waals surface area (Å²) >= 11 is 0. The number of carboxylic acids is 1. The first-order valence-electron chi connectivity index (χ1n) is 5.31. The molecular formula is C11H15N3O4. The topological polar surface area (TPSA) is 114 Å². The van der Waals surface area contributed by atoms with Crippen LogP contribution in [0.1, 0.15) is 0 Å². The van der Waals surface area contributed by atoms with Gasteiger partial charge in [0.05, 0.1) is 0 Å². The molecule has 1 rings (SSSR count). The molecule has 7 nitrogen and oxygen atoms in total. The second kappa shape index (κ2) is 7.13. The molecule has 0 aliphatic heterocycles. The highest BCUT2D eigenvalue weighted by atomic mass is 16.5. The SMILES string of the molecule is NCCNC(=O)Nc1ccc(OCC(=O)O)cc1. The molecule has 5 N–H and O–H groups in total. The summed E-state index contributed by atoms with van der Waals surface area (Å²) < 4.78 is 4.95. The molecular weight excluding hydrogens is 238 g/mol. The normalized spacial score (nSPS) is 9.61. The van der Waals surface area contributed by atoms with Crippen molar-refractivity contribution in [1.82, 2.24) is 5.32 Å². The summed E-state index contributed by atoms with van der Waals surface area (Å²) in [6.07, 6.45) is 0. The zero-order valence-electron chi connectivity index (χ0n) is 9.68. The lowest BCUT2D eigenvalue weighted by molar-refractivity contribution is -0.139. The van der Waals surface area contributed by atoms with Gasteiger partial charge in [-0.15, -0.1) is 0 Å². The van der Waals surface area contributed by atoms with Crippen molar-refractivity contribution in [2.45, 2.75) is 0 Å². The maximum atomic E-state index is 11.3. The highest BCUT2D eigenvalue weighted by molar-refractivity contribution is 5.89. The summed E-state index contributed by atoms with van der Waals surface area (Å²) in [5, 5.41) is 13.6. The Morgan fingerprint density at radius 2 is 1.94 bits per heavy atom. The summed E-state index contributed by atoms with van der Waals surface area (Å²) in [6.45, 7) is 0.366. The summed E-state index contributed by atoms with van der Waals surface area (Å²) in [7, 11) is 0. The lowest BCUT2D eigenvalue weighted by Gasteiger charge is -2.07. The van der Waals surface area contributed by atoms with Gasteiger partial charge in [0.1, 0.15) is 5.75 Å². The van der Waals surface area contributed by atoms with Gasteiger partial charge in [-0.2, -0.15) is 0 Å². The van der Waals surface area contributed by atoms with E-state index < -0.39 is 12.6 Å². The van der Waals surface area contributed by atoms with Crippen molar-refractivity contribution in [1.29, 1.82) is 0 Å². The molecule has 0 unspecified atom stereocenters. The van der Waals surface area contributed by atoms with Crippen molar-refractivity contribution in [3.05, 3.63) is 24.3 Å². The third-order valence-electron chi connectivity index (χ3n) is 1.90. The average Bonchev–Trinajstić information content (AvgIpc) is 2.35. The molecule has 18 heavy (non-hydrogen) atoms. The Bertz CT molecular complexity index is 405. The Morgan fingerprint density at radius 3 is 2.50 bits per heavy atom. The minimum absolute atomic E-state index is 0.348. The minimum Gasteiger partial charge on any atom is -0.482 e. The Hall–Kier alpha value is -2.28. The molecule has 0 spiro atoms. The molecule has 1 aromatic carbocycles. The molecule has 98 valence electrons. The van der Waals surface area contributed by atoms with Gasteiger partial charge < -0.3 is 26.2 Å². The molecule has 0 aromatic heterocycles. The fourth-order valence-corrected chi connectivity index (χ4v) is 1.14. The lowest BCUT2D eigenvalue weighted by Crippen LogP contribution is -2.32. The van der Waals surface area contributed by atoms with E-state index >= 15 is 0 Å². The Kier molecular flexibility index (Phi) is 5.46. The van der Waals surface area contributed by atoms with E-state index in [1.165, 1.54) is 0 Å². The molecule has 0 aliphatic carbocycles. The summed E-state index contributed by atoms with van der Waals surface area (Å²) in [5.74, 6) is -0.622. The van der Waals surface area contributed by atoms with Gasteiger partial charge in [-0.05, 0) is 24.3 Å². The van der Waals surface area contributed by atoms with Crippen LogP contribution in [0.15, 0.2) is 24.3 Å². The van der Waals surface area contributed by atoms with Crippen molar-refractivity contribution >= 4 is 17.7 Å². The number of carbonyl (C=O) groups excluding carboxylic acids is 1. The standard InChI is InChI=1S/C11H15N3O4/c12-5-6-13-11(17)14-8-1-3-9(4-2-8)18-7-10(15)16/h1-4H,5-7,12H2,(H,15,16)(H2,13,14,17). The molecule has 0 heterocycles. The molecule has 0 bridgehead atoms. The minimum atomic E-state index is -1.04.